The molecule has 2 aliphatic heterocycles. The highest BCUT2D eigenvalue weighted by molar-refractivity contribution is 14.1. The molecule has 0 spiro atoms. The summed E-state index contributed by atoms with van der Waals surface area (Å²) >= 11 is 2.46. The number of piperidine rings is 1. The summed E-state index contributed by atoms with van der Waals surface area (Å²) in [5, 5.41) is 0. The number of rotatable bonds is 3. The molecule has 0 unspecified atom stereocenters. The summed E-state index contributed by atoms with van der Waals surface area (Å²) in [6, 6.07) is 0.749. The number of hydrogen-bond acceptors (Lipinski definition) is 3. The lowest BCUT2D eigenvalue weighted by molar-refractivity contribution is 0.0710. The molecule has 0 N–H and O–H groups in total. The van der Waals surface area contributed by atoms with Crippen LogP contribution in [0.5, 0.6) is 0 Å². The van der Waals surface area contributed by atoms with Crippen molar-refractivity contribution in [2.45, 2.75) is 32.7 Å². The number of hydrogen-bond donors (Lipinski definition) is 0. The third-order valence-corrected chi connectivity index (χ3v) is 5.30. The zero-order valence-electron chi connectivity index (χ0n) is 11.2. The van der Waals surface area contributed by atoms with E-state index in [0.717, 1.165) is 12.0 Å². The van der Waals surface area contributed by atoms with Crippen molar-refractivity contribution >= 4 is 22.9 Å². The van der Waals surface area contributed by atoms with E-state index in [1.54, 1.807) is 0 Å². The van der Waals surface area contributed by atoms with Gasteiger partial charge in [-0.05, 0) is 32.2 Å². The van der Waals surface area contributed by atoms with Crippen molar-refractivity contribution in [2.75, 3.05) is 45.8 Å². The Bertz CT molecular complexity index is 229. The molecule has 0 aliphatic carbocycles. The van der Waals surface area contributed by atoms with Crippen LogP contribution in [0.1, 0.15) is 26.7 Å². The zero-order chi connectivity index (χ0) is 12.3. The van der Waals surface area contributed by atoms with Crippen LogP contribution in [-0.4, -0.2) is 64.8 Å². The highest BCUT2D eigenvalue weighted by Crippen LogP contribution is 2.21. The van der Waals surface area contributed by atoms with Crippen molar-refractivity contribution in [1.29, 1.82) is 0 Å². The van der Waals surface area contributed by atoms with Crippen molar-refractivity contribution in [1.82, 2.24) is 12.9 Å². The zero-order valence-corrected chi connectivity index (χ0v) is 13.4. The van der Waals surface area contributed by atoms with Crippen LogP contribution in [0.4, 0.5) is 0 Å². The van der Waals surface area contributed by atoms with Gasteiger partial charge in [-0.3, -0.25) is 4.90 Å². The maximum atomic E-state index is 2.70. The molecular formula is C13H26IN3. The second-order valence-corrected chi connectivity index (χ2v) is 6.95. The van der Waals surface area contributed by atoms with E-state index in [2.05, 4.69) is 49.6 Å². The summed E-state index contributed by atoms with van der Waals surface area (Å²) in [6.45, 7) is 13.6. The number of nitrogens with zero attached hydrogens (tertiary/aromatic N) is 3. The Kier molecular flexibility index (Phi) is 5.51. The second kappa shape index (κ2) is 6.68. The predicted molar refractivity (Wildman–Crippen MR) is 81.5 cm³/mol. The van der Waals surface area contributed by atoms with Crippen molar-refractivity contribution < 1.29 is 0 Å². The third-order valence-electron chi connectivity index (χ3n) is 4.33. The van der Waals surface area contributed by atoms with E-state index in [0.29, 0.717) is 0 Å². The van der Waals surface area contributed by atoms with Gasteiger partial charge in [-0.25, -0.2) is 3.11 Å². The number of halogens is 1. The molecule has 1 atom stereocenters. The normalized spacial score (nSPS) is 30.9. The molecule has 0 radical (unpaired) electrons. The largest absolute Gasteiger partial charge is 0.300 e. The Morgan fingerprint density at radius 1 is 1.12 bits per heavy atom. The fourth-order valence-corrected chi connectivity index (χ4v) is 3.71. The molecule has 0 aromatic carbocycles. The molecule has 3 nitrogen and oxygen atoms in total. The van der Waals surface area contributed by atoms with Gasteiger partial charge in [0.25, 0.3) is 0 Å². The molecule has 0 amide bonds. The van der Waals surface area contributed by atoms with Gasteiger partial charge in [0, 0.05) is 68.2 Å². The Hall–Kier alpha value is 0.610. The molecule has 2 rings (SSSR count). The molecule has 4 heteroatoms. The van der Waals surface area contributed by atoms with Crippen molar-refractivity contribution in [3.8, 4) is 0 Å². The first kappa shape index (κ1) is 14.0. The molecule has 0 aromatic heterocycles. The average molecular weight is 351 g/mol. The Balaban J connectivity index is 1.73. The van der Waals surface area contributed by atoms with Crippen LogP contribution in [0.25, 0.3) is 0 Å². The second-order valence-electron chi connectivity index (χ2n) is 5.59. The van der Waals surface area contributed by atoms with Gasteiger partial charge in [0.15, 0.2) is 0 Å². The Morgan fingerprint density at radius 2 is 1.82 bits per heavy atom. The van der Waals surface area contributed by atoms with E-state index < -0.39 is 0 Å². The summed E-state index contributed by atoms with van der Waals surface area (Å²) in [6.07, 6.45) is 2.79. The van der Waals surface area contributed by atoms with Crippen LogP contribution in [0.15, 0.2) is 0 Å². The van der Waals surface area contributed by atoms with Crippen LogP contribution in [-0.2, 0) is 0 Å². The first-order chi connectivity index (χ1) is 8.19. The van der Waals surface area contributed by atoms with Gasteiger partial charge >= 0.3 is 0 Å². The topological polar surface area (TPSA) is 9.72 Å². The molecule has 0 saturated carbocycles. The molecule has 2 aliphatic rings. The molecule has 0 bridgehead atoms. The molecule has 17 heavy (non-hydrogen) atoms. The highest BCUT2D eigenvalue weighted by atomic mass is 127. The van der Waals surface area contributed by atoms with E-state index in [4.69, 9.17) is 0 Å². The van der Waals surface area contributed by atoms with Gasteiger partial charge in [-0.2, -0.15) is 0 Å². The summed E-state index contributed by atoms with van der Waals surface area (Å²) in [5.41, 5.74) is 0. The lowest BCUT2D eigenvalue weighted by Gasteiger charge is -2.41. The summed E-state index contributed by atoms with van der Waals surface area (Å²) in [4.78, 5) is 5.30. The maximum absolute atomic E-state index is 2.70. The van der Waals surface area contributed by atoms with Crippen LogP contribution in [0, 0.1) is 5.92 Å². The van der Waals surface area contributed by atoms with Crippen LogP contribution in [0.2, 0.25) is 0 Å². The molecule has 100 valence electrons. The summed E-state index contributed by atoms with van der Waals surface area (Å²) in [5.74, 6) is 0.946. The first-order valence-corrected chi connectivity index (χ1v) is 8.02. The molecule has 2 fully saturated rings. The van der Waals surface area contributed by atoms with E-state index >= 15 is 0 Å². The Morgan fingerprint density at radius 3 is 2.41 bits per heavy atom. The summed E-state index contributed by atoms with van der Waals surface area (Å²) < 4.78 is 2.44. The fraction of sp³-hybridized carbons (Fsp3) is 1.00. The minimum Gasteiger partial charge on any atom is -0.300 e. The van der Waals surface area contributed by atoms with Crippen molar-refractivity contribution in [3.05, 3.63) is 0 Å². The van der Waals surface area contributed by atoms with Gasteiger partial charge in [0.1, 0.15) is 0 Å². The van der Waals surface area contributed by atoms with E-state index in [-0.39, 0.29) is 0 Å². The molecule has 2 saturated heterocycles. The van der Waals surface area contributed by atoms with E-state index in [9.17, 15) is 0 Å². The average Bonchev–Trinajstić information content (AvgIpc) is 2.32. The van der Waals surface area contributed by atoms with Gasteiger partial charge in [-0.1, -0.05) is 6.92 Å². The van der Waals surface area contributed by atoms with Crippen LogP contribution < -0.4 is 0 Å². The van der Waals surface area contributed by atoms with Crippen LogP contribution in [0.3, 0.4) is 0 Å². The minimum absolute atomic E-state index is 0.749. The lowest BCUT2D eigenvalue weighted by atomic mass is 9.97. The smallest absolute Gasteiger partial charge is 0.0201 e. The fourth-order valence-electron chi connectivity index (χ4n) is 3.16. The lowest BCUT2D eigenvalue weighted by Crippen LogP contribution is -2.52. The first-order valence-electron chi connectivity index (χ1n) is 7.06. The Labute approximate surface area is 120 Å². The highest BCUT2D eigenvalue weighted by Gasteiger charge is 2.25. The molecule has 2 heterocycles. The minimum atomic E-state index is 0.749. The predicted octanol–water partition coefficient (Wildman–Crippen LogP) is 2.07. The third kappa shape index (κ3) is 4.04. The van der Waals surface area contributed by atoms with Crippen molar-refractivity contribution in [3.63, 3.8) is 0 Å². The molecular weight excluding hydrogens is 325 g/mol. The quantitative estimate of drug-likeness (QED) is 0.569. The van der Waals surface area contributed by atoms with E-state index in [1.807, 2.05) is 0 Å². The maximum Gasteiger partial charge on any atom is 0.0201 e. The van der Waals surface area contributed by atoms with Crippen LogP contribution >= 0.6 is 22.9 Å². The monoisotopic (exact) mass is 351 g/mol. The van der Waals surface area contributed by atoms with Gasteiger partial charge < -0.3 is 4.90 Å². The summed E-state index contributed by atoms with van der Waals surface area (Å²) in [7, 11) is 0. The van der Waals surface area contributed by atoms with Crippen molar-refractivity contribution in [2.24, 2.45) is 5.92 Å². The van der Waals surface area contributed by atoms with Gasteiger partial charge in [0.2, 0.25) is 0 Å². The van der Waals surface area contributed by atoms with E-state index in [1.165, 1.54) is 58.7 Å². The van der Waals surface area contributed by atoms with Gasteiger partial charge in [0.05, 0.1) is 0 Å². The molecule has 0 aromatic rings. The van der Waals surface area contributed by atoms with Gasteiger partial charge in [-0.15, -0.1) is 0 Å². The SMILES string of the molecule is CCN1CCN(CC2CCN(I)CC2)C[C@@H]1C. The number of piperazine rings is 1. The standard InChI is InChI=1S/C13H26IN3/c1-3-16-9-8-15(10-12(16)2)11-13-4-6-17(14)7-5-13/h12-13H,3-11H2,1-2H3/t12-/m0/s1. The number of likely N-dealkylation sites (N-methyl/N-ethyl adjacent to an activating group) is 1.